The van der Waals surface area contributed by atoms with Gasteiger partial charge in [-0.05, 0) is 19.1 Å². The smallest absolute Gasteiger partial charge is 0.338 e. The summed E-state index contributed by atoms with van der Waals surface area (Å²) in [7, 11) is 0. The van der Waals surface area contributed by atoms with Crippen LogP contribution in [0, 0.1) is 0 Å². The van der Waals surface area contributed by atoms with Gasteiger partial charge in [-0.15, -0.1) is 0 Å². The summed E-state index contributed by atoms with van der Waals surface area (Å²) in [5.74, 6) is -0.624. The zero-order chi connectivity index (χ0) is 12.4. The standard InChI is InChI=1S/C13H12O4/c1-2-17-13(16)10-5-3-4-9-11(10)6-8(14)7-12(9)15/h3-7,14-15H,2H2,1H3. The minimum absolute atomic E-state index is 0.0638. The molecule has 0 saturated heterocycles. The van der Waals surface area contributed by atoms with Crippen molar-refractivity contribution in [2.45, 2.75) is 6.92 Å². The highest BCUT2D eigenvalue weighted by Crippen LogP contribution is 2.31. The van der Waals surface area contributed by atoms with Crippen LogP contribution in [-0.2, 0) is 4.74 Å². The van der Waals surface area contributed by atoms with E-state index < -0.39 is 5.97 Å². The molecule has 0 aliphatic rings. The van der Waals surface area contributed by atoms with E-state index in [0.29, 0.717) is 16.3 Å². The SMILES string of the molecule is CCOC(=O)c1cccc2c(O)cc(O)cc12. The molecule has 0 spiro atoms. The van der Waals surface area contributed by atoms with E-state index in [0.717, 1.165) is 0 Å². The Morgan fingerprint density at radius 3 is 2.71 bits per heavy atom. The number of aromatic hydroxyl groups is 2. The molecule has 0 aliphatic carbocycles. The zero-order valence-electron chi connectivity index (χ0n) is 9.30. The maximum absolute atomic E-state index is 11.7. The molecule has 0 heterocycles. The van der Waals surface area contributed by atoms with Gasteiger partial charge in [0, 0.05) is 16.8 Å². The number of phenolic OH excluding ortho intramolecular Hbond substituents is 2. The molecule has 0 aromatic heterocycles. The molecule has 2 rings (SSSR count). The number of hydrogen-bond acceptors (Lipinski definition) is 4. The summed E-state index contributed by atoms with van der Waals surface area (Å²) < 4.78 is 4.91. The van der Waals surface area contributed by atoms with Crippen LogP contribution < -0.4 is 0 Å². The molecule has 2 aromatic carbocycles. The quantitative estimate of drug-likeness (QED) is 0.780. The third kappa shape index (κ3) is 2.01. The molecule has 0 atom stereocenters. The van der Waals surface area contributed by atoms with Gasteiger partial charge in [-0.2, -0.15) is 0 Å². The molecular weight excluding hydrogens is 220 g/mol. The van der Waals surface area contributed by atoms with Gasteiger partial charge in [0.25, 0.3) is 0 Å². The molecule has 88 valence electrons. The highest BCUT2D eigenvalue weighted by molar-refractivity contribution is 6.06. The minimum Gasteiger partial charge on any atom is -0.508 e. The van der Waals surface area contributed by atoms with Gasteiger partial charge in [0.15, 0.2) is 0 Å². The Kier molecular flexibility index (Phi) is 2.87. The van der Waals surface area contributed by atoms with Crippen molar-refractivity contribution >= 4 is 16.7 Å². The van der Waals surface area contributed by atoms with Crippen LogP contribution in [0.15, 0.2) is 30.3 Å². The van der Waals surface area contributed by atoms with E-state index in [1.807, 2.05) is 0 Å². The van der Waals surface area contributed by atoms with Gasteiger partial charge in [-0.3, -0.25) is 0 Å². The lowest BCUT2D eigenvalue weighted by molar-refractivity contribution is 0.0528. The normalized spacial score (nSPS) is 10.4. The molecule has 4 heteroatoms. The molecule has 0 bridgehead atoms. The third-order valence-corrected chi connectivity index (χ3v) is 2.45. The van der Waals surface area contributed by atoms with Crippen molar-refractivity contribution in [2.75, 3.05) is 6.61 Å². The molecule has 2 aromatic rings. The summed E-state index contributed by atoms with van der Waals surface area (Å²) in [6.45, 7) is 2.00. The number of rotatable bonds is 2. The third-order valence-electron chi connectivity index (χ3n) is 2.45. The molecular formula is C13H12O4. The second-order valence-corrected chi connectivity index (χ2v) is 3.59. The van der Waals surface area contributed by atoms with Crippen molar-refractivity contribution in [1.82, 2.24) is 0 Å². The van der Waals surface area contributed by atoms with Crippen molar-refractivity contribution in [3.05, 3.63) is 35.9 Å². The van der Waals surface area contributed by atoms with Gasteiger partial charge in [0.05, 0.1) is 12.2 Å². The number of esters is 1. The first-order chi connectivity index (χ1) is 8.13. The number of hydrogen-bond donors (Lipinski definition) is 2. The summed E-state index contributed by atoms with van der Waals surface area (Å²) in [6, 6.07) is 7.59. The monoisotopic (exact) mass is 232 g/mol. The first-order valence-electron chi connectivity index (χ1n) is 5.25. The maximum Gasteiger partial charge on any atom is 0.338 e. The van der Waals surface area contributed by atoms with Crippen LogP contribution in [0.1, 0.15) is 17.3 Å². The highest BCUT2D eigenvalue weighted by Gasteiger charge is 2.13. The average molecular weight is 232 g/mol. The lowest BCUT2D eigenvalue weighted by Gasteiger charge is -2.07. The fourth-order valence-corrected chi connectivity index (χ4v) is 1.74. The lowest BCUT2D eigenvalue weighted by atomic mass is 10.0. The maximum atomic E-state index is 11.7. The lowest BCUT2D eigenvalue weighted by Crippen LogP contribution is -2.05. The molecule has 0 saturated carbocycles. The van der Waals surface area contributed by atoms with Crippen LogP contribution in [-0.4, -0.2) is 22.8 Å². The molecule has 0 unspecified atom stereocenters. The van der Waals surface area contributed by atoms with Crippen molar-refractivity contribution in [2.24, 2.45) is 0 Å². The van der Waals surface area contributed by atoms with Crippen LogP contribution in [0.3, 0.4) is 0 Å². The Labute approximate surface area is 98.1 Å². The van der Waals surface area contributed by atoms with E-state index in [1.165, 1.54) is 12.1 Å². The second-order valence-electron chi connectivity index (χ2n) is 3.59. The largest absolute Gasteiger partial charge is 0.508 e. The van der Waals surface area contributed by atoms with Gasteiger partial charge < -0.3 is 14.9 Å². The Morgan fingerprint density at radius 1 is 1.24 bits per heavy atom. The van der Waals surface area contributed by atoms with Crippen LogP contribution >= 0.6 is 0 Å². The van der Waals surface area contributed by atoms with E-state index in [-0.39, 0.29) is 18.1 Å². The number of ether oxygens (including phenoxy) is 1. The zero-order valence-corrected chi connectivity index (χ0v) is 9.30. The van der Waals surface area contributed by atoms with Gasteiger partial charge in [-0.25, -0.2) is 4.79 Å². The summed E-state index contributed by atoms with van der Waals surface area (Å²) in [6.07, 6.45) is 0. The number of carbonyl (C=O) groups excluding carboxylic acids is 1. The Bertz CT molecular complexity index is 575. The Hall–Kier alpha value is -2.23. The van der Waals surface area contributed by atoms with Crippen LogP contribution in [0.2, 0.25) is 0 Å². The van der Waals surface area contributed by atoms with E-state index in [2.05, 4.69) is 0 Å². The first-order valence-corrected chi connectivity index (χ1v) is 5.25. The van der Waals surface area contributed by atoms with Gasteiger partial charge in [-0.1, -0.05) is 12.1 Å². The summed E-state index contributed by atoms with van der Waals surface area (Å²) in [5.41, 5.74) is 0.329. The number of fused-ring (bicyclic) bond motifs is 1. The van der Waals surface area contributed by atoms with Crippen molar-refractivity contribution in [3.8, 4) is 11.5 Å². The predicted octanol–water partition coefficient (Wildman–Crippen LogP) is 2.43. The molecule has 0 radical (unpaired) electrons. The fourth-order valence-electron chi connectivity index (χ4n) is 1.74. The van der Waals surface area contributed by atoms with Crippen LogP contribution in [0.5, 0.6) is 11.5 Å². The second kappa shape index (κ2) is 4.33. The molecule has 17 heavy (non-hydrogen) atoms. The molecule has 4 nitrogen and oxygen atoms in total. The number of carbonyl (C=O) groups is 1. The van der Waals surface area contributed by atoms with E-state index in [4.69, 9.17) is 4.74 Å². The Balaban J connectivity index is 2.68. The van der Waals surface area contributed by atoms with Gasteiger partial charge in [0.2, 0.25) is 0 Å². The molecule has 2 N–H and O–H groups in total. The summed E-state index contributed by atoms with van der Waals surface area (Å²) >= 11 is 0. The summed E-state index contributed by atoms with van der Waals surface area (Å²) in [5, 5.41) is 20.1. The van der Waals surface area contributed by atoms with Gasteiger partial charge >= 0.3 is 5.97 Å². The van der Waals surface area contributed by atoms with Gasteiger partial charge in [0.1, 0.15) is 11.5 Å². The first kappa shape index (κ1) is 11.3. The predicted molar refractivity (Wildman–Crippen MR) is 63.2 cm³/mol. The van der Waals surface area contributed by atoms with Crippen molar-refractivity contribution in [3.63, 3.8) is 0 Å². The van der Waals surface area contributed by atoms with Crippen molar-refractivity contribution in [1.29, 1.82) is 0 Å². The Morgan fingerprint density at radius 2 is 2.00 bits per heavy atom. The topological polar surface area (TPSA) is 66.8 Å². The van der Waals surface area contributed by atoms with E-state index in [9.17, 15) is 15.0 Å². The minimum atomic E-state index is -0.469. The number of benzene rings is 2. The van der Waals surface area contributed by atoms with Crippen molar-refractivity contribution < 1.29 is 19.7 Å². The molecule has 0 amide bonds. The summed E-state index contributed by atoms with van der Waals surface area (Å²) in [4.78, 5) is 11.7. The molecule has 0 fully saturated rings. The average Bonchev–Trinajstić information content (AvgIpc) is 2.28. The van der Waals surface area contributed by atoms with Crippen LogP contribution in [0.25, 0.3) is 10.8 Å². The van der Waals surface area contributed by atoms with Crippen LogP contribution in [0.4, 0.5) is 0 Å². The highest BCUT2D eigenvalue weighted by atomic mass is 16.5. The van der Waals surface area contributed by atoms with E-state index >= 15 is 0 Å². The van der Waals surface area contributed by atoms with E-state index in [1.54, 1.807) is 25.1 Å². The fraction of sp³-hybridized carbons (Fsp3) is 0.154. The number of phenols is 2. The molecule has 0 aliphatic heterocycles.